The zero-order valence-corrected chi connectivity index (χ0v) is 14.4. The molecule has 0 atom stereocenters. The second-order valence-corrected chi connectivity index (χ2v) is 6.74. The van der Waals surface area contributed by atoms with Crippen molar-refractivity contribution < 1.29 is 4.79 Å². The molecule has 4 rings (SSSR count). The molecule has 1 aromatic heterocycles. The number of hydrazone groups is 1. The molecule has 0 unspecified atom stereocenters. The average Bonchev–Trinajstić information content (AvgIpc) is 3.01. The van der Waals surface area contributed by atoms with Crippen molar-refractivity contribution in [1.82, 2.24) is 10.4 Å². The Morgan fingerprint density at radius 1 is 1.12 bits per heavy atom. The number of halogens is 1. The molecule has 25 heavy (non-hydrogen) atoms. The van der Waals surface area contributed by atoms with E-state index in [1.54, 1.807) is 18.3 Å². The van der Waals surface area contributed by atoms with Gasteiger partial charge in [-0.25, -0.2) is 5.43 Å². The summed E-state index contributed by atoms with van der Waals surface area (Å²) >= 11 is 5.85. The van der Waals surface area contributed by atoms with E-state index in [0.717, 1.165) is 29.3 Å². The van der Waals surface area contributed by atoms with E-state index in [1.807, 2.05) is 30.3 Å². The Kier molecular flexibility index (Phi) is 4.28. The molecule has 5 heteroatoms. The third kappa shape index (κ3) is 3.30. The van der Waals surface area contributed by atoms with Crippen molar-refractivity contribution in [2.24, 2.45) is 5.10 Å². The second-order valence-electron chi connectivity index (χ2n) is 6.30. The number of aromatic nitrogens is 1. The van der Waals surface area contributed by atoms with Crippen LogP contribution in [0.4, 0.5) is 0 Å². The number of rotatable bonds is 3. The molecule has 0 radical (unpaired) electrons. The molecule has 1 aliphatic rings. The molecule has 4 nitrogen and oxygen atoms in total. The van der Waals surface area contributed by atoms with Crippen LogP contribution in [0.25, 0.3) is 10.9 Å². The van der Waals surface area contributed by atoms with Crippen LogP contribution in [-0.4, -0.2) is 17.1 Å². The van der Waals surface area contributed by atoms with Crippen molar-refractivity contribution >= 4 is 34.6 Å². The quantitative estimate of drug-likeness (QED) is 0.531. The van der Waals surface area contributed by atoms with E-state index in [9.17, 15) is 4.79 Å². The summed E-state index contributed by atoms with van der Waals surface area (Å²) in [6.45, 7) is 0. The third-order valence-corrected chi connectivity index (χ3v) is 4.86. The Morgan fingerprint density at radius 3 is 2.76 bits per heavy atom. The number of aryl methyl sites for hydroxylation is 2. The lowest BCUT2D eigenvalue weighted by atomic mass is 9.95. The lowest BCUT2D eigenvalue weighted by Crippen LogP contribution is -2.17. The van der Waals surface area contributed by atoms with Gasteiger partial charge in [-0.3, -0.25) is 4.79 Å². The first kappa shape index (κ1) is 15.9. The molecule has 0 aliphatic heterocycles. The topological polar surface area (TPSA) is 57.2 Å². The first-order chi connectivity index (χ1) is 12.2. The number of hydrogen-bond acceptors (Lipinski definition) is 2. The zero-order chi connectivity index (χ0) is 17.2. The molecule has 2 aromatic carbocycles. The van der Waals surface area contributed by atoms with Gasteiger partial charge in [0.2, 0.25) is 0 Å². The summed E-state index contributed by atoms with van der Waals surface area (Å²) in [4.78, 5) is 15.8. The minimum Gasteiger partial charge on any atom is -0.358 e. The molecule has 0 bridgehead atoms. The lowest BCUT2D eigenvalue weighted by molar-refractivity contribution is 0.0955. The van der Waals surface area contributed by atoms with Crippen molar-refractivity contribution in [3.05, 3.63) is 69.9 Å². The number of benzene rings is 2. The van der Waals surface area contributed by atoms with Gasteiger partial charge in [0.05, 0.1) is 6.21 Å². The van der Waals surface area contributed by atoms with E-state index >= 15 is 0 Å². The molecule has 1 heterocycles. The maximum absolute atomic E-state index is 12.4. The summed E-state index contributed by atoms with van der Waals surface area (Å²) in [7, 11) is 0. The van der Waals surface area contributed by atoms with Gasteiger partial charge in [0.25, 0.3) is 5.91 Å². The molecule has 0 saturated carbocycles. The van der Waals surface area contributed by atoms with Gasteiger partial charge in [0.1, 0.15) is 0 Å². The van der Waals surface area contributed by atoms with E-state index in [4.69, 9.17) is 11.6 Å². The fourth-order valence-electron chi connectivity index (χ4n) is 3.33. The third-order valence-electron chi connectivity index (χ3n) is 4.61. The predicted molar refractivity (Wildman–Crippen MR) is 101 cm³/mol. The van der Waals surface area contributed by atoms with Gasteiger partial charge in [-0.15, -0.1) is 0 Å². The van der Waals surface area contributed by atoms with Crippen LogP contribution >= 0.6 is 11.6 Å². The van der Waals surface area contributed by atoms with Crippen molar-refractivity contribution in [3.63, 3.8) is 0 Å². The normalized spacial score (nSPS) is 14.0. The monoisotopic (exact) mass is 351 g/mol. The number of nitrogens with zero attached hydrogens (tertiary/aromatic N) is 1. The van der Waals surface area contributed by atoms with Crippen molar-refractivity contribution in [1.29, 1.82) is 0 Å². The van der Waals surface area contributed by atoms with Crippen LogP contribution in [0.15, 0.2) is 47.6 Å². The van der Waals surface area contributed by atoms with Crippen LogP contribution in [-0.2, 0) is 12.8 Å². The number of carbonyl (C=O) groups excluding carboxylic acids is 1. The molecule has 0 fully saturated rings. The summed E-state index contributed by atoms with van der Waals surface area (Å²) in [5.41, 5.74) is 7.87. The zero-order valence-electron chi connectivity index (χ0n) is 13.7. The van der Waals surface area contributed by atoms with E-state index in [-0.39, 0.29) is 5.91 Å². The number of aromatic amines is 1. The van der Waals surface area contributed by atoms with Gasteiger partial charge < -0.3 is 4.98 Å². The molecular weight excluding hydrogens is 334 g/mol. The van der Waals surface area contributed by atoms with Gasteiger partial charge in [-0.1, -0.05) is 23.7 Å². The summed E-state index contributed by atoms with van der Waals surface area (Å²) in [6.07, 6.45) is 6.21. The van der Waals surface area contributed by atoms with Gasteiger partial charge in [0, 0.05) is 27.2 Å². The Bertz CT molecular complexity index is 957. The van der Waals surface area contributed by atoms with Crippen LogP contribution in [0.3, 0.4) is 0 Å². The van der Waals surface area contributed by atoms with Crippen LogP contribution in [0.2, 0.25) is 5.02 Å². The van der Waals surface area contributed by atoms with E-state index in [2.05, 4.69) is 15.5 Å². The van der Waals surface area contributed by atoms with Gasteiger partial charge in [-0.05, 0) is 67.1 Å². The summed E-state index contributed by atoms with van der Waals surface area (Å²) < 4.78 is 0. The van der Waals surface area contributed by atoms with Crippen LogP contribution in [0, 0.1) is 0 Å². The van der Waals surface area contributed by atoms with Gasteiger partial charge >= 0.3 is 0 Å². The molecular formula is C20H18ClN3O. The number of nitrogens with one attached hydrogen (secondary N) is 2. The maximum Gasteiger partial charge on any atom is 0.271 e. The van der Waals surface area contributed by atoms with Crippen molar-refractivity contribution in [2.45, 2.75) is 25.7 Å². The number of hydrogen-bond donors (Lipinski definition) is 2. The Morgan fingerprint density at radius 2 is 1.92 bits per heavy atom. The Hall–Kier alpha value is -2.59. The number of amides is 1. The molecule has 3 aromatic rings. The fourth-order valence-corrected chi connectivity index (χ4v) is 3.45. The standard InChI is InChI=1S/C20H18ClN3O/c21-15-8-5-13(6-9-15)12-22-24-20(25)14-7-10-19-17(11-14)16-3-1-2-4-18(16)23-19/h5-12,23H,1-4H2,(H,24,25)/b22-12+. The van der Waals surface area contributed by atoms with E-state index < -0.39 is 0 Å². The average molecular weight is 352 g/mol. The first-order valence-corrected chi connectivity index (χ1v) is 8.81. The maximum atomic E-state index is 12.4. The van der Waals surface area contributed by atoms with Crippen LogP contribution in [0.1, 0.15) is 40.0 Å². The number of carbonyl (C=O) groups is 1. The highest BCUT2D eigenvalue weighted by Crippen LogP contribution is 2.29. The predicted octanol–water partition coefficient (Wildman–Crippen LogP) is 4.46. The minimum absolute atomic E-state index is 0.210. The Labute approximate surface area is 150 Å². The SMILES string of the molecule is O=C(N/N=C/c1ccc(Cl)cc1)c1ccc2[nH]c3c(c2c1)CCCC3. The molecule has 126 valence electrons. The Balaban J connectivity index is 1.52. The molecule has 2 N–H and O–H groups in total. The molecule has 1 amide bonds. The summed E-state index contributed by atoms with van der Waals surface area (Å²) in [5.74, 6) is -0.210. The smallest absolute Gasteiger partial charge is 0.271 e. The second kappa shape index (κ2) is 6.73. The summed E-state index contributed by atoms with van der Waals surface area (Å²) in [6, 6.07) is 13.0. The number of fused-ring (bicyclic) bond motifs is 3. The highest BCUT2D eigenvalue weighted by Gasteiger charge is 2.16. The largest absolute Gasteiger partial charge is 0.358 e. The van der Waals surface area contributed by atoms with E-state index in [1.165, 1.54) is 24.1 Å². The minimum atomic E-state index is -0.210. The molecule has 0 spiro atoms. The van der Waals surface area contributed by atoms with Gasteiger partial charge in [-0.2, -0.15) is 5.10 Å². The van der Waals surface area contributed by atoms with Crippen LogP contribution in [0.5, 0.6) is 0 Å². The molecule has 1 aliphatic carbocycles. The highest BCUT2D eigenvalue weighted by molar-refractivity contribution is 6.30. The van der Waals surface area contributed by atoms with Gasteiger partial charge in [0.15, 0.2) is 0 Å². The van der Waals surface area contributed by atoms with Crippen LogP contribution < -0.4 is 5.43 Å². The fraction of sp³-hybridized carbons (Fsp3) is 0.200. The van der Waals surface area contributed by atoms with Crippen molar-refractivity contribution in [2.75, 3.05) is 0 Å². The summed E-state index contributed by atoms with van der Waals surface area (Å²) in [5, 5.41) is 5.85. The van der Waals surface area contributed by atoms with Crippen molar-refractivity contribution in [3.8, 4) is 0 Å². The molecule has 0 saturated heterocycles. The van der Waals surface area contributed by atoms with E-state index in [0.29, 0.717) is 10.6 Å². The highest BCUT2D eigenvalue weighted by atomic mass is 35.5. The number of H-pyrrole nitrogens is 1. The first-order valence-electron chi connectivity index (χ1n) is 8.43. The lowest BCUT2D eigenvalue weighted by Gasteiger charge is -2.10.